The van der Waals surface area contributed by atoms with Gasteiger partial charge in [-0.25, -0.2) is 0 Å². The summed E-state index contributed by atoms with van der Waals surface area (Å²) in [5.41, 5.74) is 5.83. The highest BCUT2D eigenvalue weighted by Gasteiger charge is 2.28. The Balaban J connectivity index is 1.80. The molecule has 2 N–H and O–H groups in total. The first-order valence-corrected chi connectivity index (χ1v) is 7.39. The van der Waals surface area contributed by atoms with Crippen LogP contribution in [0.25, 0.3) is 0 Å². The summed E-state index contributed by atoms with van der Waals surface area (Å²) in [5, 5.41) is 0. The van der Waals surface area contributed by atoms with Gasteiger partial charge in [0.05, 0.1) is 0 Å². The molecule has 0 aromatic rings. The second-order valence-corrected chi connectivity index (χ2v) is 6.09. The lowest BCUT2D eigenvalue weighted by atomic mass is 9.85. The predicted molar refractivity (Wildman–Crippen MR) is 73.1 cm³/mol. The maximum atomic E-state index is 5.83. The summed E-state index contributed by atoms with van der Waals surface area (Å²) in [6.07, 6.45) is 5.49. The minimum Gasteiger partial charge on any atom is -0.330 e. The van der Waals surface area contributed by atoms with Crippen LogP contribution in [-0.2, 0) is 0 Å². The highest BCUT2D eigenvalue weighted by molar-refractivity contribution is 4.84. The van der Waals surface area contributed by atoms with E-state index in [1.54, 1.807) is 0 Å². The van der Waals surface area contributed by atoms with Crippen LogP contribution in [0.3, 0.4) is 0 Å². The van der Waals surface area contributed by atoms with Crippen LogP contribution >= 0.6 is 0 Å². The fourth-order valence-electron chi connectivity index (χ4n) is 3.43. The fraction of sp³-hybridized carbons (Fsp3) is 1.00. The zero-order chi connectivity index (χ0) is 12.3. The molecule has 17 heavy (non-hydrogen) atoms. The molecule has 1 heterocycles. The summed E-state index contributed by atoms with van der Waals surface area (Å²) in [5.74, 6) is 0.789. The van der Waals surface area contributed by atoms with E-state index < -0.39 is 0 Å². The molecule has 0 radical (unpaired) electrons. The molecule has 2 atom stereocenters. The molecule has 1 aliphatic heterocycles. The second kappa shape index (κ2) is 6.17. The maximum absolute atomic E-state index is 5.83. The normalized spacial score (nSPS) is 33.2. The van der Waals surface area contributed by atoms with Crippen LogP contribution < -0.4 is 5.73 Å². The Morgan fingerprint density at radius 2 is 1.82 bits per heavy atom. The van der Waals surface area contributed by atoms with Crippen LogP contribution in [0.5, 0.6) is 0 Å². The second-order valence-electron chi connectivity index (χ2n) is 6.09. The summed E-state index contributed by atoms with van der Waals surface area (Å²) in [6, 6.07) is 1.53. The van der Waals surface area contributed by atoms with Crippen molar-refractivity contribution < 1.29 is 0 Å². The largest absolute Gasteiger partial charge is 0.330 e. The number of nitrogens with two attached hydrogens (primary N) is 1. The Morgan fingerprint density at radius 1 is 1.12 bits per heavy atom. The number of piperazine rings is 1. The van der Waals surface area contributed by atoms with Gasteiger partial charge >= 0.3 is 0 Å². The first-order chi connectivity index (χ1) is 8.20. The zero-order valence-electron chi connectivity index (χ0n) is 11.6. The van der Waals surface area contributed by atoms with Gasteiger partial charge < -0.3 is 5.73 Å². The Kier molecular flexibility index (Phi) is 4.83. The molecule has 3 heteroatoms. The van der Waals surface area contributed by atoms with Gasteiger partial charge in [0.2, 0.25) is 0 Å². The highest BCUT2D eigenvalue weighted by atomic mass is 15.3. The standard InChI is InChI=1S/C14H29N3/c1-12(2)16-6-8-17(9-7-16)14-5-3-4-13(10-14)11-15/h12-14H,3-11,15H2,1-2H3. The summed E-state index contributed by atoms with van der Waals surface area (Å²) in [6.45, 7) is 10.5. The van der Waals surface area contributed by atoms with Crippen molar-refractivity contribution in [3.8, 4) is 0 Å². The van der Waals surface area contributed by atoms with E-state index in [0.717, 1.165) is 18.5 Å². The minimum absolute atomic E-state index is 0.709. The van der Waals surface area contributed by atoms with Gasteiger partial charge in [-0.2, -0.15) is 0 Å². The number of hydrogen-bond donors (Lipinski definition) is 1. The van der Waals surface area contributed by atoms with Crippen molar-refractivity contribution >= 4 is 0 Å². The molecule has 0 amide bonds. The molecule has 1 aliphatic carbocycles. The van der Waals surface area contributed by atoms with Crippen molar-refractivity contribution in [1.29, 1.82) is 0 Å². The van der Waals surface area contributed by atoms with Crippen molar-refractivity contribution in [1.82, 2.24) is 9.80 Å². The molecule has 2 rings (SSSR count). The molecule has 1 saturated heterocycles. The van der Waals surface area contributed by atoms with Crippen molar-refractivity contribution in [2.24, 2.45) is 11.7 Å². The first kappa shape index (κ1) is 13.3. The van der Waals surface area contributed by atoms with Gasteiger partial charge in [-0.15, -0.1) is 0 Å². The molecule has 0 aromatic carbocycles. The van der Waals surface area contributed by atoms with E-state index in [2.05, 4.69) is 23.6 Å². The topological polar surface area (TPSA) is 32.5 Å². The molecule has 2 unspecified atom stereocenters. The fourth-order valence-corrected chi connectivity index (χ4v) is 3.43. The molecule has 0 bridgehead atoms. The molecule has 0 aromatic heterocycles. The summed E-state index contributed by atoms with van der Waals surface area (Å²) in [7, 11) is 0. The number of rotatable bonds is 3. The Bertz CT molecular complexity index is 222. The molecular weight excluding hydrogens is 210 g/mol. The lowest BCUT2D eigenvalue weighted by Crippen LogP contribution is -2.53. The van der Waals surface area contributed by atoms with Crippen LogP contribution in [0.15, 0.2) is 0 Å². The van der Waals surface area contributed by atoms with E-state index in [9.17, 15) is 0 Å². The average Bonchev–Trinajstić information content (AvgIpc) is 2.39. The third kappa shape index (κ3) is 3.43. The quantitative estimate of drug-likeness (QED) is 0.811. The molecule has 1 saturated carbocycles. The van der Waals surface area contributed by atoms with Gasteiger partial charge in [0.1, 0.15) is 0 Å². The van der Waals surface area contributed by atoms with Gasteiger partial charge in [0.25, 0.3) is 0 Å². The first-order valence-electron chi connectivity index (χ1n) is 7.39. The highest BCUT2D eigenvalue weighted by Crippen LogP contribution is 2.27. The summed E-state index contributed by atoms with van der Waals surface area (Å²) < 4.78 is 0. The Hall–Kier alpha value is -0.120. The van der Waals surface area contributed by atoms with Crippen LogP contribution in [0.2, 0.25) is 0 Å². The molecule has 0 spiro atoms. The van der Waals surface area contributed by atoms with E-state index >= 15 is 0 Å². The van der Waals surface area contributed by atoms with E-state index in [-0.39, 0.29) is 0 Å². The van der Waals surface area contributed by atoms with Crippen LogP contribution in [-0.4, -0.2) is 54.6 Å². The van der Waals surface area contributed by atoms with E-state index in [4.69, 9.17) is 5.73 Å². The Morgan fingerprint density at radius 3 is 2.41 bits per heavy atom. The van der Waals surface area contributed by atoms with Gasteiger partial charge in [0, 0.05) is 38.3 Å². The lowest BCUT2D eigenvalue weighted by molar-refractivity contribution is 0.0551. The molecule has 100 valence electrons. The Labute approximate surface area is 106 Å². The molecule has 3 nitrogen and oxygen atoms in total. The van der Waals surface area contributed by atoms with E-state index in [0.29, 0.717) is 6.04 Å². The minimum atomic E-state index is 0.709. The van der Waals surface area contributed by atoms with Crippen LogP contribution in [0, 0.1) is 5.92 Å². The van der Waals surface area contributed by atoms with E-state index in [1.807, 2.05) is 0 Å². The van der Waals surface area contributed by atoms with Gasteiger partial charge in [-0.05, 0) is 45.6 Å². The smallest absolute Gasteiger partial charge is 0.0113 e. The number of nitrogens with zero attached hydrogens (tertiary/aromatic N) is 2. The van der Waals surface area contributed by atoms with Gasteiger partial charge in [-0.3, -0.25) is 9.80 Å². The van der Waals surface area contributed by atoms with Crippen LogP contribution in [0.1, 0.15) is 39.5 Å². The van der Waals surface area contributed by atoms with Crippen molar-refractivity contribution in [2.75, 3.05) is 32.7 Å². The SMILES string of the molecule is CC(C)N1CCN(C2CCCC(CN)C2)CC1. The summed E-state index contributed by atoms with van der Waals surface area (Å²) in [4.78, 5) is 5.32. The maximum Gasteiger partial charge on any atom is 0.0113 e. The van der Waals surface area contributed by atoms with Crippen molar-refractivity contribution in [3.05, 3.63) is 0 Å². The van der Waals surface area contributed by atoms with Crippen LogP contribution in [0.4, 0.5) is 0 Å². The third-order valence-corrected chi connectivity index (χ3v) is 4.68. The average molecular weight is 239 g/mol. The van der Waals surface area contributed by atoms with Crippen molar-refractivity contribution in [3.63, 3.8) is 0 Å². The zero-order valence-corrected chi connectivity index (χ0v) is 11.6. The predicted octanol–water partition coefficient (Wildman–Crippen LogP) is 1.53. The lowest BCUT2D eigenvalue weighted by Gasteiger charge is -2.43. The molecule has 2 fully saturated rings. The van der Waals surface area contributed by atoms with Gasteiger partial charge in [-0.1, -0.05) is 6.42 Å². The monoisotopic (exact) mass is 239 g/mol. The molecule has 2 aliphatic rings. The summed E-state index contributed by atoms with van der Waals surface area (Å²) >= 11 is 0. The molecular formula is C14H29N3. The van der Waals surface area contributed by atoms with Gasteiger partial charge in [0.15, 0.2) is 0 Å². The number of hydrogen-bond acceptors (Lipinski definition) is 3. The van der Waals surface area contributed by atoms with E-state index in [1.165, 1.54) is 51.9 Å². The third-order valence-electron chi connectivity index (χ3n) is 4.68. The van der Waals surface area contributed by atoms with Crippen molar-refractivity contribution in [2.45, 2.75) is 51.6 Å².